The van der Waals surface area contributed by atoms with Crippen molar-refractivity contribution in [1.29, 1.82) is 0 Å². The zero-order chi connectivity index (χ0) is 20.9. The Bertz CT molecular complexity index is 830. The van der Waals surface area contributed by atoms with E-state index in [1.54, 1.807) is 11.3 Å². The summed E-state index contributed by atoms with van der Waals surface area (Å²) < 4.78 is 0. The van der Waals surface area contributed by atoms with Gasteiger partial charge < -0.3 is 20.9 Å². The van der Waals surface area contributed by atoms with Crippen molar-refractivity contribution in [2.45, 2.75) is 24.9 Å². The number of hydrogen-bond acceptors (Lipinski definition) is 6. The quantitative estimate of drug-likeness (QED) is 0.755. The normalized spacial score (nSPS) is 19.5. The van der Waals surface area contributed by atoms with Gasteiger partial charge in [-0.1, -0.05) is 30.3 Å². The first-order valence-electron chi connectivity index (χ1n) is 10.4. The predicted octanol–water partition coefficient (Wildman–Crippen LogP) is 1.67. The van der Waals surface area contributed by atoms with Gasteiger partial charge in [0.1, 0.15) is 6.04 Å². The molecule has 2 aromatic rings. The molecular formula is C21H28N6O2S. The van der Waals surface area contributed by atoms with Gasteiger partial charge in [0, 0.05) is 56.9 Å². The number of anilines is 1. The first-order chi connectivity index (χ1) is 14.6. The number of carbonyl (C=O) groups is 2. The van der Waals surface area contributed by atoms with Crippen LogP contribution in [-0.4, -0.2) is 72.0 Å². The molecule has 3 N–H and O–H groups in total. The van der Waals surface area contributed by atoms with Gasteiger partial charge in [-0.2, -0.15) is 0 Å². The lowest BCUT2D eigenvalue weighted by atomic mass is 10.0. The highest BCUT2D eigenvalue weighted by Gasteiger charge is 2.31. The first-order valence-corrected chi connectivity index (χ1v) is 11.3. The van der Waals surface area contributed by atoms with Gasteiger partial charge in [0.25, 0.3) is 0 Å². The summed E-state index contributed by atoms with van der Waals surface area (Å²) in [6.45, 7) is 4.23. The van der Waals surface area contributed by atoms with E-state index in [4.69, 9.17) is 5.73 Å². The largest absolute Gasteiger partial charge is 0.368 e. The number of nitrogens with two attached hydrogens (primary N) is 1. The molecule has 30 heavy (non-hydrogen) atoms. The minimum Gasteiger partial charge on any atom is -0.368 e. The maximum Gasteiger partial charge on any atom is 0.317 e. The van der Waals surface area contributed by atoms with E-state index in [0.717, 1.165) is 36.6 Å². The average Bonchev–Trinajstić information content (AvgIpc) is 3.30. The molecule has 3 amide bonds. The van der Waals surface area contributed by atoms with E-state index in [2.05, 4.69) is 20.1 Å². The second-order valence-electron chi connectivity index (χ2n) is 7.76. The molecule has 9 heteroatoms. The summed E-state index contributed by atoms with van der Waals surface area (Å²) in [5, 5.41) is 6.23. The van der Waals surface area contributed by atoms with Crippen LogP contribution in [0.5, 0.6) is 0 Å². The van der Waals surface area contributed by atoms with Crippen molar-refractivity contribution < 1.29 is 9.59 Å². The van der Waals surface area contributed by atoms with Crippen molar-refractivity contribution in [3.63, 3.8) is 0 Å². The van der Waals surface area contributed by atoms with Gasteiger partial charge in [-0.3, -0.25) is 9.69 Å². The number of thiazole rings is 1. The Hall–Kier alpha value is -2.65. The highest BCUT2D eigenvalue weighted by atomic mass is 32.1. The van der Waals surface area contributed by atoms with E-state index in [0.29, 0.717) is 26.2 Å². The molecule has 1 aromatic heterocycles. The van der Waals surface area contributed by atoms with Crippen LogP contribution in [-0.2, 0) is 4.79 Å². The van der Waals surface area contributed by atoms with Gasteiger partial charge in [-0.15, -0.1) is 11.3 Å². The van der Waals surface area contributed by atoms with Crippen LogP contribution < -0.4 is 16.0 Å². The smallest absolute Gasteiger partial charge is 0.317 e. The molecule has 0 saturated carbocycles. The second-order valence-corrected chi connectivity index (χ2v) is 8.64. The van der Waals surface area contributed by atoms with E-state index < -0.39 is 6.04 Å². The third-order valence-electron chi connectivity index (χ3n) is 5.86. The van der Waals surface area contributed by atoms with Gasteiger partial charge in [0.05, 0.1) is 0 Å². The summed E-state index contributed by atoms with van der Waals surface area (Å²) in [5.74, 6) is -0.355. The van der Waals surface area contributed by atoms with Gasteiger partial charge in [0.15, 0.2) is 5.13 Å². The molecule has 0 radical (unpaired) electrons. The van der Waals surface area contributed by atoms with E-state index in [1.165, 1.54) is 0 Å². The summed E-state index contributed by atoms with van der Waals surface area (Å²) in [5.41, 5.74) is 6.58. The number of rotatable bonds is 5. The van der Waals surface area contributed by atoms with Crippen LogP contribution in [0.4, 0.5) is 9.93 Å². The maximum absolute atomic E-state index is 12.7. The van der Waals surface area contributed by atoms with Crippen LogP contribution in [0.25, 0.3) is 0 Å². The molecule has 2 saturated heterocycles. The molecule has 2 aliphatic heterocycles. The van der Waals surface area contributed by atoms with Crippen molar-refractivity contribution in [1.82, 2.24) is 20.1 Å². The van der Waals surface area contributed by atoms with Crippen molar-refractivity contribution in [2.24, 2.45) is 5.73 Å². The molecule has 0 spiro atoms. The number of nitrogens with one attached hydrogen (secondary N) is 1. The SMILES string of the molecule is NC(=O)C(c1ccccc1)N1CCN(C(=O)NC2CCN(c3nccs3)CC2)CC1. The van der Waals surface area contributed by atoms with Crippen molar-refractivity contribution in [3.8, 4) is 0 Å². The van der Waals surface area contributed by atoms with Crippen molar-refractivity contribution >= 4 is 28.4 Å². The molecule has 2 aliphatic rings. The molecule has 0 bridgehead atoms. The number of amides is 3. The zero-order valence-electron chi connectivity index (χ0n) is 16.9. The topological polar surface area (TPSA) is 94.8 Å². The molecule has 1 unspecified atom stereocenters. The van der Waals surface area contributed by atoms with E-state index in [1.807, 2.05) is 46.8 Å². The van der Waals surface area contributed by atoms with E-state index in [9.17, 15) is 9.59 Å². The Balaban J connectivity index is 1.26. The summed E-state index contributed by atoms with van der Waals surface area (Å²) in [4.78, 5) is 35.4. The summed E-state index contributed by atoms with van der Waals surface area (Å²) >= 11 is 1.65. The number of piperazine rings is 1. The monoisotopic (exact) mass is 428 g/mol. The lowest BCUT2D eigenvalue weighted by molar-refractivity contribution is -0.124. The fourth-order valence-corrected chi connectivity index (χ4v) is 4.92. The third kappa shape index (κ3) is 4.73. The van der Waals surface area contributed by atoms with Gasteiger partial charge in [-0.05, 0) is 18.4 Å². The Morgan fingerprint density at radius 1 is 1.07 bits per heavy atom. The Morgan fingerprint density at radius 3 is 2.37 bits per heavy atom. The Kier molecular flexibility index (Phi) is 6.49. The first kappa shape index (κ1) is 20.6. The number of piperidine rings is 1. The van der Waals surface area contributed by atoms with Crippen LogP contribution in [0, 0.1) is 0 Å². The number of benzene rings is 1. The number of nitrogens with zero attached hydrogens (tertiary/aromatic N) is 4. The lowest BCUT2D eigenvalue weighted by Crippen LogP contribution is -2.56. The fraction of sp³-hybridized carbons (Fsp3) is 0.476. The molecular weight excluding hydrogens is 400 g/mol. The number of primary amides is 1. The highest BCUT2D eigenvalue weighted by molar-refractivity contribution is 7.13. The molecule has 160 valence electrons. The standard InChI is InChI=1S/C21H28N6O2S/c22-19(28)18(16-4-2-1-3-5-16)25-11-13-26(14-12-25)20(29)24-17-6-9-27(10-7-17)21-23-8-15-30-21/h1-5,8,15,17-18H,6-7,9-14H2,(H2,22,28)(H,24,29). The molecule has 3 heterocycles. The summed E-state index contributed by atoms with van der Waals surface area (Å²) in [6, 6.07) is 9.31. The Labute approximate surface area is 180 Å². The van der Waals surface area contributed by atoms with Crippen molar-refractivity contribution in [3.05, 3.63) is 47.5 Å². The van der Waals surface area contributed by atoms with Gasteiger partial charge in [-0.25, -0.2) is 9.78 Å². The van der Waals surface area contributed by atoms with E-state index in [-0.39, 0.29) is 18.0 Å². The molecule has 0 aliphatic carbocycles. The van der Waals surface area contributed by atoms with Crippen molar-refractivity contribution in [2.75, 3.05) is 44.2 Å². The van der Waals surface area contributed by atoms with Crippen LogP contribution >= 0.6 is 11.3 Å². The maximum atomic E-state index is 12.7. The lowest BCUT2D eigenvalue weighted by Gasteiger charge is -2.39. The predicted molar refractivity (Wildman–Crippen MR) is 117 cm³/mol. The van der Waals surface area contributed by atoms with Gasteiger partial charge in [0.2, 0.25) is 5.91 Å². The third-order valence-corrected chi connectivity index (χ3v) is 6.70. The van der Waals surface area contributed by atoms with Crippen LogP contribution in [0.1, 0.15) is 24.4 Å². The fourth-order valence-electron chi connectivity index (χ4n) is 4.23. The van der Waals surface area contributed by atoms with E-state index >= 15 is 0 Å². The molecule has 2 fully saturated rings. The molecule has 4 rings (SSSR count). The van der Waals surface area contributed by atoms with Crippen LogP contribution in [0.15, 0.2) is 41.9 Å². The number of hydrogen-bond donors (Lipinski definition) is 2. The molecule has 1 atom stereocenters. The molecule has 1 aromatic carbocycles. The summed E-state index contributed by atoms with van der Waals surface area (Å²) in [6.07, 6.45) is 3.67. The molecule has 8 nitrogen and oxygen atoms in total. The Morgan fingerprint density at radius 2 is 1.77 bits per heavy atom. The minimum absolute atomic E-state index is 0.0160. The summed E-state index contributed by atoms with van der Waals surface area (Å²) in [7, 11) is 0. The number of urea groups is 1. The number of carbonyl (C=O) groups excluding carboxylic acids is 2. The highest BCUT2D eigenvalue weighted by Crippen LogP contribution is 2.23. The number of aromatic nitrogens is 1. The zero-order valence-corrected chi connectivity index (χ0v) is 17.8. The van der Waals surface area contributed by atoms with Gasteiger partial charge >= 0.3 is 6.03 Å². The minimum atomic E-state index is -0.452. The second kappa shape index (κ2) is 9.44. The van der Waals surface area contributed by atoms with Crippen LogP contribution in [0.2, 0.25) is 0 Å². The average molecular weight is 429 g/mol. The van der Waals surface area contributed by atoms with Crippen LogP contribution in [0.3, 0.4) is 0 Å².